The van der Waals surface area contributed by atoms with Gasteiger partial charge in [0.05, 0.1) is 11.0 Å². The quantitative estimate of drug-likeness (QED) is 0.731. The molecule has 1 saturated carbocycles. The molecule has 84 valence electrons. The summed E-state index contributed by atoms with van der Waals surface area (Å²) in [5.41, 5.74) is 8.76. The number of rotatable bonds is 3. The normalized spacial score (nSPS) is 17.8. The zero-order valence-corrected chi connectivity index (χ0v) is 8.99. The lowest BCUT2D eigenvalue weighted by atomic mass is 10.0. The molecule has 0 saturated heterocycles. The summed E-state index contributed by atoms with van der Waals surface area (Å²) in [6, 6.07) is 5.98. The first-order valence-corrected chi connectivity index (χ1v) is 5.70. The highest BCUT2D eigenvalue weighted by atomic mass is 16.1. The molecule has 1 aliphatic carbocycles. The lowest BCUT2D eigenvalue weighted by Gasteiger charge is -2.10. The highest BCUT2D eigenvalue weighted by molar-refractivity contribution is 5.75. The van der Waals surface area contributed by atoms with Gasteiger partial charge in [0.25, 0.3) is 0 Å². The van der Waals surface area contributed by atoms with E-state index >= 15 is 0 Å². The molecule has 1 heterocycles. The minimum atomic E-state index is -0.164. The molecule has 1 aliphatic rings. The van der Waals surface area contributed by atoms with E-state index in [-0.39, 0.29) is 11.7 Å². The third-order valence-electron chi connectivity index (χ3n) is 3.25. The molecule has 1 atom stereocenters. The van der Waals surface area contributed by atoms with Crippen LogP contribution >= 0.6 is 0 Å². The van der Waals surface area contributed by atoms with Crippen LogP contribution in [0.1, 0.15) is 30.9 Å². The van der Waals surface area contributed by atoms with E-state index in [1.165, 1.54) is 12.8 Å². The molecule has 4 N–H and O–H groups in total. The van der Waals surface area contributed by atoms with Crippen molar-refractivity contribution in [3.63, 3.8) is 0 Å². The van der Waals surface area contributed by atoms with Gasteiger partial charge < -0.3 is 15.7 Å². The minimum Gasteiger partial charge on any atom is -0.324 e. The van der Waals surface area contributed by atoms with Crippen LogP contribution in [0.4, 0.5) is 0 Å². The summed E-state index contributed by atoms with van der Waals surface area (Å²) in [5, 5.41) is 0. The van der Waals surface area contributed by atoms with E-state index in [9.17, 15) is 4.79 Å². The Bertz CT molecular complexity index is 565. The Balaban J connectivity index is 1.93. The summed E-state index contributed by atoms with van der Waals surface area (Å²) in [5.74, 6) is 0.816. The Morgan fingerprint density at radius 1 is 1.31 bits per heavy atom. The van der Waals surface area contributed by atoms with Gasteiger partial charge in [0.1, 0.15) is 0 Å². The van der Waals surface area contributed by atoms with Crippen LogP contribution < -0.4 is 11.4 Å². The van der Waals surface area contributed by atoms with Gasteiger partial charge in [-0.1, -0.05) is 18.9 Å². The van der Waals surface area contributed by atoms with Gasteiger partial charge in [0, 0.05) is 6.04 Å². The van der Waals surface area contributed by atoms with Crippen molar-refractivity contribution in [3.05, 3.63) is 34.2 Å². The molecule has 1 aromatic heterocycles. The van der Waals surface area contributed by atoms with E-state index in [1.807, 2.05) is 18.2 Å². The van der Waals surface area contributed by atoms with Crippen molar-refractivity contribution in [2.45, 2.75) is 25.3 Å². The average Bonchev–Trinajstić information content (AvgIpc) is 2.96. The van der Waals surface area contributed by atoms with Crippen molar-refractivity contribution in [1.29, 1.82) is 0 Å². The van der Waals surface area contributed by atoms with Gasteiger partial charge >= 0.3 is 5.69 Å². The largest absolute Gasteiger partial charge is 0.324 e. The Hall–Kier alpha value is -1.55. The molecule has 0 spiro atoms. The molecule has 0 aliphatic heterocycles. The van der Waals surface area contributed by atoms with Crippen LogP contribution in [-0.4, -0.2) is 9.97 Å². The number of nitrogens with two attached hydrogens (primary N) is 1. The van der Waals surface area contributed by atoms with Crippen molar-refractivity contribution in [1.82, 2.24) is 9.97 Å². The van der Waals surface area contributed by atoms with Gasteiger partial charge in [0.15, 0.2) is 0 Å². The van der Waals surface area contributed by atoms with E-state index in [0.717, 1.165) is 28.9 Å². The van der Waals surface area contributed by atoms with Crippen molar-refractivity contribution < 1.29 is 0 Å². The summed E-state index contributed by atoms with van der Waals surface area (Å²) in [4.78, 5) is 16.6. The fourth-order valence-corrected chi connectivity index (χ4v) is 2.13. The average molecular weight is 217 g/mol. The molecule has 16 heavy (non-hydrogen) atoms. The van der Waals surface area contributed by atoms with Crippen molar-refractivity contribution in [3.8, 4) is 0 Å². The lowest BCUT2D eigenvalue weighted by Crippen LogP contribution is -2.10. The number of imidazole rings is 1. The van der Waals surface area contributed by atoms with E-state index < -0.39 is 0 Å². The number of fused-ring (bicyclic) bond motifs is 1. The van der Waals surface area contributed by atoms with Crippen LogP contribution in [0.2, 0.25) is 0 Å². The summed E-state index contributed by atoms with van der Waals surface area (Å²) in [7, 11) is 0. The lowest BCUT2D eigenvalue weighted by molar-refractivity contribution is 0.597. The first kappa shape index (κ1) is 9.66. The second-order valence-corrected chi connectivity index (χ2v) is 4.67. The fourth-order valence-electron chi connectivity index (χ4n) is 2.13. The molecule has 1 unspecified atom stereocenters. The topological polar surface area (TPSA) is 74.7 Å². The van der Waals surface area contributed by atoms with Crippen molar-refractivity contribution in [2.24, 2.45) is 11.7 Å². The molecule has 3 rings (SSSR count). The molecular weight excluding hydrogens is 202 g/mol. The van der Waals surface area contributed by atoms with Crippen LogP contribution in [0.15, 0.2) is 23.0 Å². The molecule has 0 bridgehead atoms. The summed E-state index contributed by atoms with van der Waals surface area (Å²) < 4.78 is 0. The van der Waals surface area contributed by atoms with Crippen LogP contribution in [0.3, 0.4) is 0 Å². The van der Waals surface area contributed by atoms with E-state index in [0.29, 0.717) is 0 Å². The SMILES string of the molecule is NC(CC1CC1)c1ccc2[nH]c(=O)[nH]c2c1. The van der Waals surface area contributed by atoms with Crippen molar-refractivity contribution in [2.75, 3.05) is 0 Å². The maximum Gasteiger partial charge on any atom is 0.323 e. The number of nitrogens with one attached hydrogen (secondary N) is 2. The molecule has 0 radical (unpaired) electrons. The van der Waals surface area contributed by atoms with Gasteiger partial charge in [-0.25, -0.2) is 4.79 Å². The number of aromatic amines is 2. The first-order valence-electron chi connectivity index (χ1n) is 5.70. The Labute approximate surface area is 92.9 Å². The standard InChI is InChI=1S/C12H15N3O/c13-9(5-7-1-2-7)8-3-4-10-11(6-8)15-12(16)14-10/h3-4,6-7,9H,1-2,5,13H2,(H2,14,15,16). The maximum atomic E-state index is 11.1. The third kappa shape index (κ3) is 1.76. The first-order chi connectivity index (χ1) is 7.72. The fraction of sp³-hybridized carbons (Fsp3) is 0.417. The smallest absolute Gasteiger partial charge is 0.323 e. The van der Waals surface area contributed by atoms with Gasteiger partial charge in [-0.3, -0.25) is 0 Å². The molecular formula is C12H15N3O. The maximum absolute atomic E-state index is 11.1. The van der Waals surface area contributed by atoms with Crippen LogP contribution in [-0.2, 0) is 0 Å². The Morgan fingerprint density at radius 2 is 2.06 bits per heavy atom. The van der Waals surface area contributed by atoms with Crippen LogP contribution in [0.25, 0.3) is 11.0 Å². The van der Waals surface area contributed by atoms with Crippen LogP contribution in [0.5, 0.6) is 0 Å². The third-order valence-corrected chi connectivity index (χ3v) is 3.25. The minimum absolute atomic E-state index is 0.0929. The zero-order valence-electron chi connectivity index (χ0n) is 8.99. The molecule has 1 fully saturated rings. The van der Waals surface area contributed by atoms with E-state index in [4.69, 9.17) is 5.73 Å². The molecule has 2 aromatic rings. The second kappa shape index (κ2) is 3.49. The van der Waals surface area contributed by atoms with Gasteiger partial charge in [0.2, 0.25) is 0 Å². The Kier molecular flexibility index (Phi) is 2.11. The highest BCUT2D eigenvalue weighted by Gasteiger charge is 2.24. The zero-order chi connectivity index (χ0) is 11.1. The highest BCUT2D eigenvalue weighted by Crippen LogP contribution is 2.36. The summed E-state index contributed by atoms with van der Waals surface area (Å²) >= 11 is 0. The number of hydrogen-bond donors (Lipinski definition) is 3. The second-order valence-electron chi connectivity index (χ2n) is 4.67. The molecule has 1 aromatic carbocycles. The van der Waals surface area contributed by atoms with Gasteiger partial charge in [-0.15, -0.1) is 0 Å². The predicted octanol–water partition coefficient (Wildman–Crippen LogP) is 1.66. The molecule has 0 amide bonds. The summed E-state index contributed by atoms with van der Waals surface area (Å²) in [6.45, 7) is 0. The van der Waals surface area contributed by atoms with E-state index in [1.54, 1.807) is 0 Å². The number of hydrogen-bond acceptors (Lipinski definition) is 2. The number of H-pyrrole nitrogens is 2. The molecule has 4 nitrogen and oxygen atoms in total. The van der Waals surface area contributed by atoms with Crippen LogP contribution in [0, 0.1) is 5.92 Å². The monoisotopic (exact) mass is 217 g/mol. The Morgan fingerprint density at radius 3 is 2.81 bits per heavy atom. The number of aromatic nitrogens is 2. The predicted molar refractivity (Wildman–Crippen MR) is 63.2 cm³/mol. The molecule has 4 heteroatoms. The van der Waals surface area contributed by atoms with Gasteiger partial charge in [-0.05, 0) is 30.0 Å². The summed E-state index contributed by atoms with van der Waals surface area (Å²) in [6.07, 6.45) is 3.69. The van der Waals surface area contributed by atoms with Crippen molar-refractivity contribution >= 4 is 11.0 Å². The van der Waals surface area contributed by atoms with Gasteiger partial charge in [-0.2, -0.15) is 0 Å². The number of benzene rings is 1. The van der Waals surface area contributed by atoms with E-state index in [2.05, 4.69) is 9.97 Å².